The molecule has 2 nitrogen and oxygen atoms in total. The summed E-state index contributed by atoms with van der Waals surface area (Å²) in [6.07, 6.45) is 0. The van der Waals surface area contributed by atoms with E-state index >= 15 is 0 Å². The molecule has 2 aromatic rings. The molecule has 5 heteroatoms. The summed E-state index contributed by atoms with van der Waals surface area (Å²) < 4.78 is 1.71. The van der Waals surface area contributed by atoms with E-state index < -0.39 is 0 Å². The van der Waals surface area contributed by atoms with Gasteiger partial charge in [-0.05, 0) is 52.3 Å². The average Bonchev–Trinajstić information content (AvgIpc) is 2.36. The lowest BCUT2D eigenvalue weighted by Gasteiger charge is -2.09. The number of anilines is 2. The second-order valence-corrected chi connectivity index (χ2v) is 5.73. The van der Waals surface area contributed by atoms with Gasteiger partial charge in [0, 0.05) is 14.6 Å². The standard InChI is InChI=1S/C13H7Br2ClN2/c14-9-1-4-13(8(5-9)7-17)18-10-2-3-11(15)12(16)6-10/h1-6,18H. The number of rotatable bonds is 2. The molecule has 0 aliphatic carbocycles. The maximum absolute atomic E-state index is 9.08. The second-order valence-electron chi connectivity index (χ2n) is 3.56. The van der Waals surface area contributed by atoms with E-state index in [1.807, 2.05) is 24.3 Å². The summed E-state index contributed by atoms with van der Waals surface area (Å²) in [7, 11) is 0. The lowest BCUT2D eigenvalue weighted by Crippen LogP contribution is -1.93. The van der Waals surface area contributed by atoms with Gasteiger partial charge >= 0.3 is 0 Å². The molecule has 0 heterocycles. The largest absolute Gasteiger partial charge is 0.354 e. The van der Waals surface area contributed by atoms with Gasteiger partial charge in [0.15, 0.2) is 0 Å². The highest BCUT2D eigenvalue weighted by Crippen LogP contribution is 2.29. The number of benzene rings is 2. The lowest BCUT2D eigenvalue weighted by molar-refractivity contribution is 1.45. The van der Waals surface area contributed by atoms with E-state index in [1.165, 1.54) is 0 Å². The Morgan fingerprint density at radius 1 is 1.11 bits per heavy atom. The zero-order valence-corrected chi connectivity index (χ0v) is 13.0. The van der Waals surface area contributed by atoms with Gasteiger partial charge in [-0.25, -0.2) is 0 Å². The molecular formula is C13H7Br2ClN2. The summed E-state index contributed by atoms with van der Waals surface area (Å²) in [5.74, 6) is 0. The van der Waals surface area contributed by atoms with E-state index in [9.17, 15) is 0 Å². The predicted octanol–water partition coefficient (Wildman–Crippen LogP) is 5.48. The normalized spacial score (nSPS) is 9.89. The van der Waals surface area contributed by atoms with Crippen LogP contribution in [-0.4, -0.2) is 0 Å². The predicted molar refractivity (Wildman–Crippen MR) is 81.3 cm³/mol. The summed E-state index contributed by atoms with van der Waals surface area (Å²) in [5, 5.41) is 12.9. The molecule has 0 saturated heterocycles. The van der Waals surface area contributed by atoms with Crippen LogP contribution in [0.3, 0.4) is 0 Å². The van der Waals surface area contributed by atoms with E-state index in [-0.39, 0.29) is 0 Å². The zero-order valence-electron chi connectivity index (χ0n) is 9.05. The third-order valence-electron chi connectivity index (χ3n) is 2.30. The molecule has 90 valence electrons. The third-order valence-corrected chi connectivity index (χ3v) is 4.03. The summed E-state index contributed by atoms with van der Waals surface area (Å²) in [6.45, 7) is 0. The first-order valence-electron chi connectivity index (χ1n) is 5.02. The quantitative estimate of drug-likeness (QED) is 0.742. The second kappa shape index (κ2) is 5.75. The van der Waals surface area contributed by atoms with Crippen LogP contribution in [0.4, 0.5) is 11.4 Å². The van der Waals surface area contributed by atoms with Gasteiger partial charge in [0.1, 0.15) is 6.07 Å². The molecule has 0 amide bonds. The van der Waals surface area contributed by atoms with Crippen LogP contribution < -0.4 is 5.32 Å². The van der Waals surface area contributed by atoms with Crippen LogP contribution in [0.1, 0.15) is 5.56 Å². The smallest absolute Gasteiger partial charge is 0.101 e. The fraction of sp³-hybridized carbons (Fsp3) is 0. The van der Waals surface area contributed by atoms with Crippen LogP contribution in [0.15, 0.2) is 45.3 Å². The maximum atomic E-state index is 9.08. The number of nitrogens with one attached hydrogen (secondary N) is 1. The van der Waals surface area contributed by atoms with Crippen molar-refractivity contribution in [1.29, 1.82) is 5.26 Å². The molecule has 1 N–H and O–H groups in total. The van der Waals surface area contributed by atoms with Gasteiger partial charge in [0.2, 0.25) is 0 Å². The molecule has 0 unspecified atom stereocenters. The van der Waals surface area contributed by atoms with Gasteiger partial charge in [-0.1, -0.05) is 27.5 Å². The highest BCUT2D eigenvalue weighted by Gasteiger charge is 2.04. The van der Waals surface area contributed by atoms with Crippen molar-refractivity contribution < 1.29 is 0 Å². The van der Waals surface area contributed by atoms with Crippen molar-refractivity contribution in [3.8, 4) is 6.07 Å². The molecule has 2 rings (SSSR count). The first-order chi connectivity index (χ1) is 8.60. The molecule has 0 radical (unpaired) electrons. The highest BCUT2D eigenvalue weighted by molar-refractivity contribution is 9.10. The van der Waals surface area contributed by atoms with E-state index in [2.05, 4.69) is 43.2 Å². The Kier molecular flexibility index (Phi) is 4.28. The molecule has 0 atom stereocenters. The van der Waals surface area contributed by atoms with E-state index in [0.29, 0.717) is 10.6 Å². The van der Waals surface area contributed by atoms with Crippen LogP contribution in [0.25, 0.3) is 0 Å². The highest BCUT2D eigenvalue weighted by atomic mass is 79.9. The zero-order chi connectivity index (χ0) is 13.1. The Balaban J connectivity index is 2.34. The van der Waals surface area contributed by atoms with Crippen LogP contribution in [0.2, 0.25) is 5.02 Å². The number of halogens is 3. The van der Waals surface area contributed by atoms with Crippen molar-refractivity contribution in [3.63, 3.8) is 0 Å². The Morgan fingerprint density at radius 3 is 2.56 bits per heavy atom. The molecule has 0 aromatic heterocycles. The van der Waals surface area contributed by atoms with Crippen LogP contribution in [0, 0.1) is 11.3 Å². The molecule has 0 bridgehead atoms. The monoisotopic (exact) mass is 384 g/mol. The van der Waals surface area contributed by atoms with Crippen molar-refractivity contribution >= 4 is 54.8 Å². The minimum absolute atomic E-state index is 0.573. The van der Waals surface area contributed by atoms with E-state index in [4.69, 9.17) is 16.9 Å². The third kappa shape index (κ3) is 3.05. The van der Waals surface area contributed by atoms with Crippen LogP contribution in [-0.2, 0) is 0 Å². The summed E-state index contributed by atoms with van der Waals surface area (Å²) >= 11 is 12.7. The number of nitriles is 1. The maximum Gasteiger partial charge on any atom is 0.101 e. The Labute approximate surface area is 127 Å². The minimum Gasteiger partial charge on any atom is -0.354 e. The number of hydrogen-bond donors (Lipinski definition) is 1. The van der Waals surface area contributed by atoms with Gasteiger partial charge in [0.05, 0.1) is 16.3 Å². The van der Waals surface area contributed by atoms with Gasteiger partial charge in [-0.3, -0.25) is 0 Å². The summed E-state index contributed by atoms with van der Waals surface area (Å²) in [6, 6.07) is 13.2. The minimum atomic E-state index is 0.573. The van der Waals surface area contributed by atoms with Gasteiger partial charge in [0.25, 0.3) is 0 Å². The van der Waals surface area contributed by atoms with Crippen molar-refractivity contribution in [2.24, 2.45) is 0 Å². The van der Waals surface area contributed by atoms with E-state index in [1.54, 1.807) is 12.1 Å². The SMILES string of the molecule is N#Cc1cc(Br)ccc1Nc1ccc(Br)c(Cl)c1. The lowest BCUT2D eigenvalue weighted by atomic mass is 10.2. The van der Waals surface area contributed by atoms with Gasteiger partial charge in [-0.2, -0.15) is 5.26 Å². The van der Waals surface area contributed by atoms with Gasteiger partial charge in [-0.15, -0.1) is 0 Å². The fourth-order valence-corrected chi connectivity index (χ4v) is 2.24. The molecule has 0 aliphatic heterocycles. The number of hydrogen-bond acceptors (Lipinski definition) is 2. The van der Waals surface area contributed by atoms with Crippen molar-refractivity contribution in [1.82, 2.24) is 0 Å². The molecule has 18 heavy (non-hydrogen) atoms. The van der Waals surface area contributed by atoms with Crippen LogP contribution >= 0.6 is 43.5 Å². The summed E-state index contributed by atoms with van der Waals surface area (Å²) in [4.78, 5) is 0. The number of nitrogens with zero attached hydrogens (tertiary/aromatic N) is 1. The first kappa shape index (κ1) is 13.4. The molecule has 0 aliphatic rings. The summed E-state index contributed by atoms with van der Waals surface area (Å²) in [5.41, 5.74) is 2.16. The first-order valence-corrected chi connectivity index (χ1v) is 6.98. The fourth-order valence-electron chi connectivity index (χ4n) is 1.45. The van der Waals surface area contributed by atoms with E-state index in [0.717, 1.165) is 20.3 Å². The van der Waals surface area contributed by atoms with Gasteiger partial charge < -0.3 is 5.32 Å². The molecule has 2 aromatic carbocycles. The Hall–Kier alpha value is -1.02. The molecule has 0 spiro atoms. The topological polar surface area (TPSA) is 35.8 Å². The molecular weight excluding hydrogens is 379 g/mol. The van der Waals surface area contributed by atoms with Crippen molar-refractivity contribution in [3.05, 3.63) is 55.9 Å². The molecule has 0 saturated carbocycles. The average molecular weight is 386 g/mol. The molecule has 0 fully saturated rings. The Morgan fingerprint density at radius 2 is 1.89 bits per heavy atom. The van der Waals surface area contributed by atoms with Crippen LogP contribution in [0.5, 0.6) is 0 Å². The van der Waals surface area contributed by atoms with Crippen molar-refractivity contribution in [2.75, 3.05) is 5.32 Å². The van der Waals surface area contributed by atoms with Crippen molar-refractivity contribution in [2.45, 2.75) is 0 Å². The Bertz CT molecular complexity index is 635.